The number of hydrogen-bond donors (Lipinski definition) is 1. The van der Waals surface area contributed by atoms with Crippen LogP contribution >= 0.6 is 0 Å². The molecule has 0 aliphatic rings. The standard InChI is InChI=1S/C11H15N5O/c1-11(2,12)8-17-10-13-14-15-16(10)9-6-4-3-5-7-9/h3-7H,8,12H2,1-2H3. The van der Waals surface area contributed by atoms with E-state index >= 15 is 0 Å². The van der Waals surface area contributed by atoms with Gasteiger partial charge in [-0.3, -0.25) is 0 Å². The smallest absolute Gasteiger partial charge is 0.340 e. The van der Waals surface area contributed by atoms with Crippen LogP contribution in [0.5, 0.6) is 6.01 Å². The highest BCUT2D eigenvalue weighted by Crippen LogP contribution is 2.13. The molecule has 6 nitrogen and oxygen atoms in total. The lowest BCUT2D eigenvalue weighted by Crippen LogP contribution is -2.39. The second-order valence-electron chi connectivity index (χ2n) is 4.49. The molecule has 0 aliphatic heterocycles. The van der Waals surface area contributed by atoms with Crippen LogP contribution in [0.25, 0.3) is 5.69 Å². The van der Waals surface area contributed by atoms with E-state index in [9.17, 15) is 0 Å². The van der Waals surface area contributed by atoms with Gasteiger partial charge in [0.05, 0.1) is 5.69 Å². The predicted octanol–water partition coefficient (Wildman–Crippen LogP) is 0.778. The summed E-state index contributed by atoms with van der Waals surface area (Å²) in [6.45, 7) is 4.10. The number of aromatic nitrogens is 4. The van der Waals surface area contributed by atoms with Gasteiger partial charge in [0.15, 0.2) is 0 Å². The third kappa shape index (κ3) is 3.01. The van der Waals surface area contributed by atoms with Crippen molar-refractivity contribution in [3.8, 4) is 11.7 Å². The quantitative estimate of drug-likeness (QED) is 0.844. The van der Waals surface area contributed by atoms with Crippen LogP contribution in [-0.4, -0.2) is 32.4 Å². The van der Waals surface area contributed by atoms with Crippen LogP contribution in [0.4, 0.5) is 0 Å². The Morgan fingerprint density at radius 2 is 2.00 bits per heavy atom. The highest BCUT2D eigenvalue weighted by molar-refractivity contribution is 5.31. The molecule has 90 valence electrons. The third-order valence-electron chi connectivity index (χ3n) is 2.01. The molecule has 0 saturated heterocycles. The molecule has 2 rings (SSSR count). The van der Waals surface area contributed by atoms with E-state index in [-0.39, 0.29) is 0 Å². The minimum absolute atomic E-state index is 0.342. The zero-order chi connectivity index (χ0) is 12.3. The van der Waals surface area contributed by atoms with Crippen molar-refractivity contribution in [2.45, 2.75) is 19.4 Å². The van der Waals surface area contributed by atoms with Gasteiger partial charge >= 0.3 is 6.01 Å². The lowest BCUT2D eigenvalue weighted by Gasteiger charge is -2.17. The molecule has 0 bridgehead atoms. The Morgan fingerprint density at radius 3 is 2.65 bits per heavy atom. The summed E-state index contributed by atoms with van der Waals surface area (Å²) in [5.41, 5.74) is 6.26. The number of para-hydroxylation sites is 1. The largest absolute Gasteiger partial charge is 0.460 e. The molecule has 0 saturated carbocycles. The molecule has 17 heavy (non-hydrogen) atoms. The summed E-state index contributed by atoms with van der Waals surface area (Å²) in [5, 5.41) is 11.3. The second kappa shape index (κ2) is 4.50. The number of benzene rings is 1. The minimum atomic E-state index is -0.423. The Balaban J connectivity index is 2.18. The van der Waals surface area contributed by atoms with Crippen LogP contribution < -0.4 is 10.5 Å². The number of rotatable bonds is 4. The Morgan fingerprint density at radius 1 is 1.29 bits per heavy atom. The van der Waals surface area contributed by atoms with Gasteiger partial charge in [0.25, 0.3) is 0 Å². The first kappa shape index (κ1) is 11.5. The van der Waals surface area contributed by atoms with Crippen LogP contribution in [0.3, 0.4) is 0 Å². The highest BCUT2D eigenvalue weighted by Gasteiger charge is 2.15. The average Bonchev–Trinajstić information content (AvgIpc) is 2.75. The summed E-state index contributed by atoms with van der Waals surface area (Å²) in [4.78, 5) is 0. The summed E-state index contributed by atoms with van der Waals surface area (Å²) in [6, 6.07) is 9.89. The van der Waals surface area contributed by atoms with Crippen molar-refractivity contribution >= 4 is 0 Å². The fourth-order valence-corrected chi connectivity index (χ4v) is 1.25. The second-order valence-corrected chi connectivity index (χ2v) is 4.49. The van der Waals surface area contributed by atoms with Gasteiger partial charge < -0.3 is 10.5 Å². The van der Waals surface area contributed by atoms with Crippen LogP contribution in [0.15, 0.2) is 30.3 Å². The zero-order valence-electron chi connectivity index (χ0n) is 9.87. The molecule has 0 radical (unpaired) electrons. The molecular weight excluding hydrogens is 218 g/mol. The summed E-state index contributed by atoms with van der Waals surface area (Å²) >= 11 is 0. The Kier molecular flexibility index (Phi) is 3.06. The van der Waals surface area contributed by atoms with Crippen molar-refractivity contribution in [1.29, 1.82) is 0 Å². The fourth-order valence-electron chi connectivity index (χ4n) is 1.25. The molecule has 0 atom stereocenters. The van der Waals surface area contributed by atoms with Crippen molar-refractivity contribution in [2.75, 3.05) is 6.61 Å². The normalized spacial score (nSPS) is 11.5. The van der Waals surface area contributed by atoms with E-state index in [1.807, 2.05) is 44.2 Å². The van der Waals surface area contributed by atoms with Gasteiger partial charge in [-0.25, -0.2) is 0 Å². The maximum Gasteiger partial charge on any atom is 0.340 e. The Bertz CT molecular complexity index is 474. The van der Waals surface area contributed by atoms with E-state index in [1.54, 1.807) is 0 Å². The molecule has 1 aromatic heterocycles. The molecule has 0 amide bonds. The van der Waals surface area contributed by atoms with Crippen LogP contribution in [0.1, 0.15) is 13.8 Å². The number of tetrazole rings is 1. The van der Waals surface area contributed by atoms with Gasteiger partial charge in [0.2, 0.25) is 0 Å². The number of ether oxygens (including phenoxy) is 1. The lowest BCUT2D eigenvalue weighted by atomic mass is 10.1. The van der Waals surface area contributed by atoms with Crippen molar-refractivity contribution in [3.05, 3.63) is 30.3 Å². The first-order chi connectivity index (χ1) is 8.06. The predicted molar refractivity (Wildman–Crippen MR) is 62.9 cm³/mol. The van der Waals surface area contributed by atoms with E-state index in [1.165, 1.54) is 4.68 Å². The molecule has 0 unspecified atom stereocenters. The summed E-state index contributed by atoms with van der Waals surface area (Å²) in [5.74, 6) is 0. The molecule has 6 heteroatoms. The third-order valence-corrected chi connectivity index (χ3v) is 2.01. The molecule has 2 N–H and O–H groups in total. The van der Waals surface area contributed by atoms with E-state index in [4.69, 9.17) is 10.5 Å². The maximum atomic E-state index is 5.84. The SMILES string of the molecule is CC(C)(N)COc1nnnn1-c1ccccc1. The van der Waals surface area contributed by atoms with Gasteiger partial charge in [0.1, 0.15) is 6.61 Å². The van der Waals surface area contributed by atoms with Crippen molar-refractivity contribution in [1.82, 2.24) is 20.2 Å². The Labute approximate surface area is 99.4 Å². The van der Waals surface area contributed by atoms with Gasteiger partial charge in [-0.15, -0.1) is 0 Å². The van der Waals surface area contributed by atoms with E-state index in [0.717, 1.165) is 5.69 Å². The Hall–Kier alpha value is -1.95. The van der Waals surface area contributed by atoms with E-state index in [0.29, 0.717) is 12.6 Å². The minimum Gasteiger partial charge on any atom is -0.460 e. The van der Waals surface area contributed by atoms with Crippen LogP contribution in [-0.2, 0) is 0 Å². The summed E-state index contributed by atoms with van der Waals surface area (Å²) in [7, 11) is 0. The number of nitrogens with zero attached hydrogens (tertiary/aromatic N) is 4. The monoisotopic (exact) mass is 233 g/mol. The number of hydrogen-bond acceptors (Lipinski definition) is 5. The first-order valence-electron chi connectivity index (χ1n) is 5.32. The van der Waals surface area contributed by atoms with Crippen molar-refractivity contribution in [3.63, 3.8) is 0 Å². The zero-order valence-corrected chi connectivity index (χ0v) is 9.87. The average molecular weight is 233 g/mol. The van der Waals surface area contributed by atoms with Crippen molar-refractivity contribution in [2.24, 2.45) is 5.73 Å². The fraction of sp³-hybridized carbons (Fsp3) is 0.364. The van der Waals surface area contributed by atoms with Gasteiger partial charge in [0, 0.05) is 5.54 Å². The summed E-state index contributed by atoms with van der Waals surface area (Å²) in [6.07, 6.45) is 0. The highest BCUT2D eigenvalue weighted by atomic mass is 16.5. The van der Waals surface area contributed by atoms with E-state index in [2.05, 4.69) is 15.5 Å². The molecule has 2 aromatic rings. The van der Waals surface area contributed by atoms with Gasteiger partial charge in [-0.1, -0.05) is 23.3 Å². The maximum absolute atomic E-state index is 5.84. The van der Waals surface area contributed by atoms with Crippen LogP contribution in [0, 0.1) is 0 Å². The van der Waals surface area contributed by atoms with Gasteiger partial charge in [-0.2, -0.15) is 4.68 Å². The van der Waals surface area contributed by atoms with Gasteiger partial charge in [-0.05, 0) is 36.4 Å². The molecule has 0 aliphatic carbocycles. The topological polar surface area (TPSA) is 78.8 Å². The lowest BCUT2D eigenvalue weighted by molar-refractivity contribution is 0.221. The van der Waals surface area contributed by atoms with Crippen LogP contribution in [0.2, 0.25) is 0 Å². The molecule has 1 aromatic carbocycles. The van der Waals surface area contributed by atoms with Crippen molar-refractivity contribution < 1.29 is 4.74 Å². The summed E-state index contributed by atoms with van der Waals surface area (Å²) < 4.78 is 7.03. The number of nitrogens with two attached hydrogens (primary N) is 1. The molecular formula is C11H15N5O. The molecule has 0 spiro atoms. The van der Waals surface area contributed by atoms with E-state index < -0.39 is 5.54 Å². The molecule has 1 heterocycles. The molecule has 0 fully saturated rings. The first-order valence-corrected chi connectivity index (χ1v) is 5.32.